The second kappa shape index (κ2) is 9.02. The second-order valence-corrected chi connectivity index (χ2v) is 7.15. The van der Waals surface area contributed by atoms with Crippen LogP contribution in [0.1, 0.15) is 63.6 Å². The zero-order valence-electron chi connectivity index (χ0n) is 16.1. The third-order valence-electron chi connectivity index (χ3n) is 5.41. The van der Waals surface area contributed by atoms with E-state index < -0.39 is 0 Å². The van der Waals surface area contributed by atoms with Crippen molar-refractivity contribution < 1.29 is 9.59 Å². The van der Waals surface area contributed by atoms with E-state index in [1.807, 2.05) is 11.0 Å². The number of carbonyl (C=O) groups excluding carboxylic acids is 2. The van der Waals surface area contributed by atoms with Gasteiger partial charge in [0, 0.05) is 19.5 Å². The summed E-state index contributed by atoms with van der Waals surface area (Å²) in [7, 11) is 1.76. The highest BCUT2D eigenvalue weighted by Crippen LogP contribution is 2.29. The minimum atomic E-state index is 0.0391. The van der Waals surface area contributed by atoms with Gasteiger partial charge in [0.1, 0.15) is 0 Å². The molecule has 2 rings (SSSR count). The van der Waals surface area contributed by atoms with Gasteiger partial charge in [-0.1, -0.05) is 51.0 Å². The fraction of sp³-hybridized carbons (Fsp3) is 0.619. The van der Waals surface area contributed by atoms with E-state index in [-0.39, 0.29) is 30.3 Å². The SMILES string of the molecule is CCCCC(CC)C(=O)N(C)CC(=O)N1CCc2ccccc2C1C. The Morgan fingerprint density at radius 1 is 1.28 bits per heavy atom. The Labute approximate surface area is 152 Å². The first kappa shape index (κ1) is 19.5. The van der Waals surface area contributed by atoms with Crippen molar-refractivity contribution in [1.82, 2.24) is 9.80 Å². The Hall–Kier alpha value is -1.84. The maximum absolute atomic E-state index is 12.8. The highest BCUT2D eigenvalue weighted by Gasteiger charge is 2.29. The Bertz CT molecular complexity index is 599. The summed E-state index contributed by atoms with van der Waals surface area (Å²) in [6.07, 6.45) is 4.80. The van der Waals surface area contributed by atoms with Crippen molar-refractivity contribution in [3.63, 3.8) is 0 Å². The predicted octanol–water partition coefficient (Wildman–Crippen LogP) is 3.81. The highest BCUT2D eigenvalue weighted by molar-refractivity contribution is 5.86. The molecule has 0 fully saturated rings. The molecule has 2 amide bonds. The van der Waals surface area contributed by atoms with Crippen LogP contribution in [0.2, 0.25) is 0 Å². The fourth-order valence-corrected chi connectivity index (χ4v) is 3.75. The standard InChI is InChI=1S/C21H32N2O2/c1-5-7-10-17(6-2)21(25)22(4)15-20(24)23-14-13-18-11-8-9-12-19(18)16(23)3/h8-9,11-12,16-17H,5-7,10,13-15H2,1-4H3. The first-order chi connectivity index (χ1) is 12.0. The van der Waals surface area contributed by atoms with E-state index in [1.54, 1.807) is 11.9 Å². The Balaban J connectivity index is 1.98. The molecule has 4 heteroatoms. The highest BCUT2D eigenvalue weighted by atomic mass is 16.2. The van der Waals surface area contributed by atoms with Gasteiger partial charge in [-0.25, -0.2) is 0 Å². The number of amides is 2. The van der Waals surface area contributed by atoms with Gasteiger partial charge in [-0.05, 0) is 37.3 Å². The summed E-state index contributed by atoms with van der Waals surface area (Å²) >= 11 is 0. The van der Waals surface area contributed by atoms with E-state index in [4.69, 9.17) is 0 Å². The lowest BCUT2D eigenvalue weighted by molar-refractivity contribution is -0.143. The summed E-state index contributed by atoms with van der Waals surface area (Å²) in [4.78, 5) is 29.0. The molecule has 1 aliphatic heterocycles. The summed E-state index contributed by atoms with van der Waals surface area (Å²) in [5, 5.41) is 0. The largest absolute Gasteiger partial charge is 0.336 e. The van der Waals surface area contributed by atoms with Crippen molar-refractivity contribution in [2.24, 2.45) is 5.92 Å². The maximum atomic E-state index is 12.8. The molecule has 25 heavy (non-hydrogen) atoms. The van der Waals surface area contributed by atoms with Crippen molar-refractivity contribution in [3.05, 3.63) is 35.4 Å². The van der Waals surface area contributed by atoms with Crippen LogP contribution in [0.5, 0.6) is 0 Å². The van der Waals surface area contributed by atoms with Gasteiger partial charge in [0.05, 0.1) is 12.6 Å². The predicted molar refractivity (Wildman–Crippen MR) is 101 cm³/mol. The molecule has 2 atom stereocenters. The van der Waals surface area contributed by atoms with Crippen LogP contribution in [0.3, 0.4) is 0 Å². The van der Waals surface area contributed by atoms with E-state index >= 15 is 0 Å². The monoisotopic (exact) mass is 344 g/mol. The molecule has 1 aromatic rings. The molecule has 0 saturated heterocycles. The zero-order chi connectivity index (χ0) is 18.4. The summed E-state index contributed by atoms with van der Waals surface area (Å²) in [5.41, 5.74) is 2.56. The normalized spacial score (nSPS) is 17.8. The number of benzene rings is 1. The number of nitrogens with zero attached hydrogens (tertiary/aromatic N) is 2. The van der Waals surface area contributed by atoms with Gasteiger partial charge in [-0.2, -0.15) is 0 Å². The summed E-state index contributed by atoms with van der Waals surface area (Å²) < 4.78 is 0. The molecule has 0 aliphatic carbocycles. The summed E-state index contributed by atoms with van der Waals surface area (Å²) in [6, 6.07) is 8.40. The van der Waals surface area contributed by atoms with Crippen molar-refractivity contribution in [1.29, 1.82) is 0 Å². The molecule has 2 unspecified atom stereocenters. The van der Waals surface area contributed by atoms with Crippen molar-refractivity contribution in [3.8, 4) is 0 Å². The van der Waals surface area contributed by atoms with Gasteiger partial charge in [0.2, 0.25) is 11.8 Å². The van der Waals surface area contributed by atoms with Crippen LogP contribution in [0.15, 0.2) is 24.3 Å². The van der Waals surface area contributed by atoms with Crippen LogP contribution in [-0.4, -0.2) is 41.8 Å². The van der Waals surface area contributed by atoms with Gasteiger partial charge in [-0.15, -0.1) is 0 Å². The molecule has 0 radical (unpaired) electrons. The van der Waals surface area contributed by atoms with Crippen LogP contribution in [0.4, 0.5) is 0 Å². The topological polar surface area (TPSA) is 40.6 Å². The number of rotatable bonds is 7. The molecule has 0 aromatic heterocycles. The average molecular weight is 344 g/mol. The number of carbonyl (C=O) groups is 2. The minimum Gasteiger partial charge on any atom is -0.336 e. The smallest absolute Gasteiger partial charge is 0.242 e. The summed E-state index contributed by atoms with van der Waals surface area (Å²) in [5.74, 6) is 0.190. The maximum Gasteiger partial charge on any atom is 0.242 e. The zero-order valence-corrected chi connectivity index (χ0v) is 16.1. The van der Waals surface area contributed by atoms with E-state index in [0.717, 1.165) is 38.6 Å². The average Bonchev–Trinajstić information content (AvgIpc) is 2.62. The minimum absolute atomic E-state index is 0.0391. The van der Waals surface area contributed by atoms with Gasteiger partial charge >= 0.3 is 0 Å². The molecule has 0 N–H and O–H groups in total. The number of likely N-dealkylation sites (N-methyl/N-ethyl adjacent to an activating group) is 1. The molecule has 138 valence electrons. The van der Waals surface area contributed by atoms with Crippen LogP contribution in [0.25, 0.3) is 0 Å². The Morgan fingerprint density at radius 3 is 2.68 bits per heavy atom. The quantitative estimate of drug-likeness (QED) is 0.755. The molecule has 1 aliphatic rings. The number of hydrogen-bond acceptors (Lipinski definition) is 2. The molecular formula is C21H32N2O2. The van der Waals surface area contributed by atoms with Crippen molar-refractivity contribution in [2.45, 2.75) is 58.9 Å². The van der Waals surface area contributed by atoms with Gasteiger partial charge in [0.25, 0.3) is 0 Å². The molecule has 1 heterocycles. The Kier molecular flexibility index (Phi) is 7.03. The molecule has 4 nitrogen and oxygen atoms in total. The van der Waals surface area contributed by atoms with Gasteiger partial charge < -0.3 is 9.80 Å². The van der Waals surface area contributed by atoms with E-state index in [2.05, 4.69) is 39.0 Å². The van der Waals surface area contributed by atoms with E-state index in [0.29, 0.717) is 0 Å². The lowest BCUT2D eigenvalue weighted by Gasteiger charge is -2.36. The van der Waals surface area contributed by atoms with Gasteiger partial charge in [0.15, 0.2) is 0 Å². The lowest BCUT2D eigenvalue weighted by atomic mass is 9.93. The molecule has 1 aromatic carbocycles. The molecule has 0 spiro atoms. The molecule has 0 saturated carbocycles. The van der Waals surface area contributed by atoms with Crippen LogP contribution in [-0.2, 0) is 16.0 Å². The van der Waals surface area contributed by atoms with Crippen LogP contribution >= 0.6 is 0 Å². The Morgan fingerprint density at radius 2 is 2.00 bits per heavy atom. The van der Waals surface area contributed by atoms with Crippen molar-refractivity contribution >= 4 is 11.8 Å². The van der Waals surface area contributed by atoms with Crippen LogP contribution in [0, 0.1) is 5.92 Å². The summed E-state index contributed by atoms with van der Waals surface area (Å²) in [6.45, 7) is 7.17. The van der Waals surface area contributed by atoms with Crippen molar-refractivity contribution in [2.75, 3.05) is 20.1 Å². The van der Waals surface area contributed by atoms with Crippen LogP contribution < -0.4 is 0 Å². The third-order valence-corrected chi connectivity index (χ3v) is 5.41. The van der Waals surface area contributed by atoms with E-state index in [9.17, 15) is 9.59 Å². The lowest BCUT2D eigenvalue weighted by Crippen LogP contribution is -2.46. The number of fused-ring (bicyclic) bond motifs is 1. The third kappa shape index (κ3) is 4.62. The molecule has 0 bridgehead atoms. The van der Waals surface area contributed by atoms with E-state index in [1.165, 1.54) is 11.1 Å². The number of unbranched alkanes of at least 4 members (excludes halogenated alkanes) is 1. The fourth-order valence-electron chi connectivity index (χ4n) is 3.75. The second-order valence-electron chi connectivity index (χ2n) is 7.15. The number of hydrogen-bond donors (Lipinski definition) is 0. The van der Waals surface area contributed by atoms with Gasteiger partial charge in [-0.3, -0.25) is 9.59 Å². The first-order valence-corrected chi connectivity index (χ1v) is 9.61. The molecular weight excluding hydrogens is 312 g/mol. The first-order valence-electron chi connectivity index (χ1n) is 9.61.